The summed E-state index contributed by atoms with van der Waals surface area (Å²) in [5.41, 5.74) is 8.09. The lowest BCUT2D eigenvalue weighted by atomic mass is 9.96. The van der Waals surface area contributed by atoms with E-state index in [4.69, 9.17) is 20.2 Å². The highest BCUT2D eigenvalue weighted by atomic mass is 32.2. The van der Waals surface area contributed by atoms with Crippen LogP contribution in [0, 0.1) is 5.92 Å². The first-order chi connectivity index (χ1) is 15.5. The van der Waals surface area contributed by atoms with E-state index in [1.165, 1.54) is 0 Å². The molecule has 9 heteroatoms. The summed E-state index contributed by atoms with van der Waals surface area (Å²) < 4.78 is 16.1. The maximum atomic E-state index is 6.24. The van der Waals surface area contributed by atoms with Crippen LogP contribution in [0.3, 0.4) is 0 Å². The molecule has 32 heavy (non-hydrogen) atoms. The van der Waals surface area contributed by atoms with E-state index in [1.54, 1.807) is 6.33 Å². The summed E-state index contributed by atoms with van der Waals surface area (Å²) in [4.78, 5) is 9.34. The number of nitrogens with zero attached hydrogens (tertiary/aromatic N) is 4. The fourth-order valence-electron chi connectivity index (χ4n) is 4.89. The zero-order chi connectivity index (χ0) is 22.7. The van der Waals surface area contributed by atoms with Crippen molar-refractivity contribution in [1.82, 2.24) is 19.9 Å². The molecule has 0 spiro atoms. The summed E-state index contributed by atoms with van der Waals surface area (Å²) >= 11 is 1.91. The van der Waals surface area contributed by atoms with Crippen molar-refractivity contribution < 1.29 is 14.0 Å². The van der Waals surface area contributed by atoms with Gasteiger partial charge in [-0.05, 0) is 51.5 Å². The first-order valence-electron chi connectivity index (χ1n) is 12.1. The number of anilines is 1. The molecule has 2 aromatic heterocycles. The largest absolute Gasteiger partial charge is 0.368 e. The lowest BCUT2D eigenvalue weighted by molar-refractivity contribution is -0.650. The van der Waals surface area contributed by atoms with Crippen molar-refractivity contribution >= 4 is 28.7 Å². The van der Waals surface area contributed by atoms with E-state index in [1.807, 2.05) is 23.4 Å². The Morgan fingerprint density at radius 3 is 2.91 bits per heavy atom. The van der Waals surface area contributed by atoms with Crippen LogP contribution in [0.4, 0.5) is 5.82 Å². The number of ether oxygens (including phenoxy) is 2. The second-order valence-electron chi connectivity index (χ2n) is 9.24. The average Bonchev–Trinajstić information content (AvgIpc) is 3.35. The number of imidazole rings is 1. The zero-order valence-electron chi connectivity index (χ0n) is 19.9. The van der Waals surface area contributed by atoms with E-state index in [0.29, 0.717) is 29.8 Å². The molecule has 0 radical (unpaired) electrons. The van der Waals surface area contributed by atoms with Gasteiger partial charge in [-0.25, -0.2) is 9.13 Å². The van der Waals surface area contributed by atoms with Gasteiger partial charge in [-0.1, -0.05) is 37.0 Å². The van der Waals surface area contributed by atoms with E-state index in [9.17, 15) is 0 Å². The van der Waals surface area contributed by atoms with Crippen molar-refractivity contribution in [3.05, 3.63) is 6.33 Å². The van der Waals surface area contributed by atoms with E-state index >= 15 is 0 Å². The Balaban J connectivity index is 1.57. The lowest BCUT2D eigenvalue weighted by Gasteiger charge is -2.23. The molecule has 2 aliphatic rings. The minimum absolute atomic E-state index is 0.244. The van der Waals surface area contributed by atoms with Crippen LogP contribution in [0.15, 0.2) is 11.5 Å². The normalized spacial score (nSPS) is 26.9. The molecule has 178 valence electrons. The Hall–Kier alpha value is -1.42. The second kappa shape index (κ2) is 10.7. The summed E-state index contributed by atoms with van der Waals surface area (Å²) in [7, 11) is 2.02. The van der Waals surface area contributed by atoms with Gasteiger partial charge in [-0.2, -0.15) is 4.98 Å². The van der Waals surface area contributed by atoms with Crippen LogP contribution in [-0.4, -0.2) is 51.4 Å². The summed E-state index contributed by atoms with van der Waals surface area (Å²) in [6.45, 7) is 9.09. The molecule has 1 aliphatic carbocycles. The fraction of sp³-hybridized carbons (Fsp3) is 0.783. The third kappa shape index (κ3) is 5.05. The SMILES string of the molecule is CCC(C)NCCCn1c(SC2CCC3OCOC3CC2CC)nc2c(N)nc[n+](C)c21. The van der Waals surface area contributed by atoms with Gasteiger partial charge in [0, 0.05) is 11.3 Å². The molecule has 0 bridgehead atoms. The van der Waals surface area contributed by atoms with Crippen molar-refractivity contribution in [3.8, 4) is 0 Å². The maximum absolute atomic E-state index is 6.24. The molecule has 3 N–H and O–H groups in total. The van der Waals surface area contributed by atoms with Crippen LogP contribution < -0.4 is 15.6 Å². The van der Waals surface area contributed by atoms with Crippen LogP contribution in [0.25, 0.3) is 11.2 Å². The monoisotopic (exact) mass is 463 g/mol. The quantitative estimate of drug-likeness (QED) is 0.436. The average molecular weight is 464 g/mol. The van der Waals surface area contributed by atoms with Crippen molar-refractivity contribution in [3.63, 3.8) is 0 Å². The van der Waals surface area contributed by atoms with E-state index < -0.39 is 0 Å². The number of fused-ring (bicyclic) bond motifs is 2. The number of nitrogens with one attached hydrogen (secondary N) is 1. The van der Waals surface area contributed by atoms with E-state index in [0.717, 1.165) is 67.9 Å². The highest BCUT2D eigenvalue weighted by Gasteiger charge is 2.38. The Morgan fingerprint density at radius 2 is 2.12 bits per heavy atom. The molecule has 3 heterocycles. The van der Waals surface area contributed by atoms with Gasteiger partial charge in [0.05, 0.1) is 25.8 Å². The predicted octanol–water partition coefficient (Wildman–Crippen LogP) is 3.03. The van der Waals surface area contributed by atoms with Crippen molar-refractivity contribution in [2.75, 3.05) is 19.1 Å². The van der Waals surface area contributed by atoms with Crippen LogP contribution >= 0.6 is 11.8 Å². The van der Waals surface area contributed by atoms with Gasteiger partial charge in [-0.15, -0.1) is 0 Å². The number of hydrogen-bond acceptors (Lipinski definition) is 7. The number of aryl methyl sites for hydroxylation is 2. The molecule has 2 fully saturated rings. The first kappa shape index (κ1) is 23.7. The number of thioether (sulfide) groups is 1. The summed E-state index contributed by atoms with van der Waals surface area (Å²) in [6, 6.07) is 0.541. The molecule has 5 atom stereocenters. The van der Waals surface area contributed by atoms with Gasteiger partial charge in [0.2, 0.25) is 17.3 Å². The number of aromatic nitrogens is 4. The van der Waals surface area contributed by atoms with Gasteiger partial charge in [0.1, 0.15) is 6.79 Å². The highest BCUT2D eigenvalue weighted by molar-refractivity contribution is 7.99. The summed E-state index contributed by atoms with van der Waals surface area (Å²) in [5.74, 6) is 1.09. The smallest absolute Gasteiger partial charge is 0.261 e. The van der Waals surface area contributed by atoms with Crippen LogP contribution in [0.2, 0.25) is 0 Å². The number of hydrogen-bond donors (Lipinski definition) is 2. The molecule has 0 aromatic carbocycles. The minimum atomic E-state index is 0.244. The topological polar surface area (TPSA) is 91.1 Å². The maximum Gasteiger partial charge on any atom is 0.261 e. The summed E-state index contributed by atoms with van der Waals surface area (Å²) in [6.07, 6.45) is 8.84. The molecule has 8 nitrogen and oxygen atoms in total. The third-order valence-electron chi connectivity index (χ3n) is 7.07. The Morgan fingerprint density at radius 1 is 1.31 bits per heavy atom. The van der Waals surface area contributed by atoms with Gasteiger partial charge in [0.15, 0.2) is 5.52 Å². The Labute approximate surface area is 195 Å². The predicted molar refractivity (Wildman–Crippen MR) is 127 cm³/mol. The lowest BCUT2D eigenvalue weighted by Crippen LogP contribution is -2.32. The molecule has 5 unspecified atom stereocenters. The van der Waals surface area contributed by atoms with Gasteiger partial charge >= 0.3 is 0 Å². The number of rotatable bonds is 9. The zero-order valence-corrected chi connectivity index (χ0v) is 20.7. The number of nitrogens with two attached hydrogens (primary N) is 1. The molecule has 4 rings (SSSR count). The molecule has 2 aromatic rings. The number of nitrogen functional groups attached to an aromatic ring is 1. The molecule has 1 aliphatic heterocycles. The fourth-order valence-corrected chi connectivity index (χ4v) is 6.36. The van der Waals surface area contributed by atoms with Crippen molar-refractivity contribution in [2.45, 2.75) is 94.5 Å². The van der Waals surface area contributed by atoms with Crippen molar-refractivity contribution in [1.29, 1.82) is 0 Å². The van der Waals surface area contributed by atoms with Gasteiger partial charge in [-0.3, -0.25) is 0 Å². The van der Waals surface area contributed by atoms with Crippen LogP contribution in [-0.2, 0) is 23.1 Å². The minimum Gasteiger partial charge on any atom is -0.368 e. The highest BCUT2D eigenvalue weighted by Crippen LogP contribution is 2.41. The van der Waals surface area contributed by atoms with Gasteiger partial charge in [0.25, 0.3) is 5.65 Å². The third-order valence-corrected chi connectivity index (χ3v) is 8.52. The first-order valence-corrected chi connectivity index (χ1v) is 13.0. The summed E-state index contributed by atoms with van der Waals surface area (Å²) in [5, 5.41) is 5.15. The van der Waals surface area contributed by atoms with Crippen LogP contribution in [0.1, 0.15) is 59.3 Å². The van der Waals surface area contributed by atoms with Crippen LogP contribution in [0.5, 0.6) is 0 Å². The molecular formula is C23H39N6O2S+. The standard InChI is InChI=1S/C23H38N6O2S/c1-5-15(3)25-10-7-11-29-22-20(21(24)26-13-28(22)4)27-23(29)32-19-9-8-17-18(31-14-30-17)12-16(19)6-2/h13,15-19,24-25H,5-12,14H2,1-4H3/p+1. The molecular weight excluding hydrogens is 424 g/mol. The van der Waals surface area contributed by atoms with E-state index in [-0.39, 0.29) is 12.2 Å². The molecule has 1 saturated carbocycles. The van der Waals surface area contributed by atoms with E-state index in [2.05, 4.69) is 35.6 Å². The Kier molecular flexibility index (Phi) is 7.91. The molecule has 0 amide bonds. The van der Waals surface area contributed by atoms with Crippen molar-refractivity contribution in [2.24, 2.45) is 13.0 Å². The second-order valence-corrected chi connectivity index (χ2v) is 10.4. The van der Waals surface area contributed by atoms with Gasteiger partial charge < -0.3 is 20.5 Å². The Bertz CT molecular complexity index is 906. The molecule has 1 saturated heterocycles.